The second kappa shape index (κ2) is 10.4. The van der Waals surface area contributed by atoms with Gasteiger partial charge in [-0.1, -0.05) is 43.5 Å². The quantitative estimate of drug-likeness (QED) is 0.271. The highest BCUT2D eigenvalue weighted by Crippen LogP contribution is 2.43. The summed E-state index contributed by atoms with van der Waals surface area (Å²) in [4.78, 5) is 6.92. The van der Waals surface area contributed by atoms with Crippen molar-refractivity contribution >= 4 is 23.0 Å². The molecule has 3 heterocycles. The van der Waals surface area contributed by atoms with Crippen molar-refractivity contribution in [2.24, 2.45) is 0 Å². The lowest BCUT2D eigenvalue weighted by atomic mass is 9.95. The summed E-state index contributed by atoms with van der Waals surface area (Å²) in [6.07, 6.45) is 12.9. The minimum Gasteiger partial charge on any atom is -0.457 e. The van der Waals surface area contributed by atoms with E-state index in [4.69, 9.17) is 17.0 Å². The number of nitrogens with one attached hydrogen (secondary N) is 1. The number of rotatable bonds is 6. The van der Waals surface area contributed by atoms with Crippen LogP contribution in [0.25, 0.3) is 0 Å². The van der Waals surface area contributed by atoms with E-state index in [-0.39, 0.29) is 12.1 Å². The molecule has 4 aromatic rings. The van der Waals surface area contributed by atoms with Crippen molar-refractivity contribution in [1.29, 1.82) is 0 Å². The fourth-order valence-electron chi connectivity index (χ4n) is 5.66. The molecular weight excluding hydrogens is 476 g/mol. The summed E-state index contributed by atoms with van der Waals surface area (Å²) in [7, 11) is 0. The van der Waals surface area contributed by atoms with Gasteiger partial charge in [0.15, 0.2) is 5.11 Å². The van der Waals surface area contributed by atoms with Crippen LogP contribution < -0.4 is 15.0 Å². The Bertz CT molecular complexity index is 1360. The highest BCUT2D eigenvalue weighted by Gasteiger charge is 2.41. The number of aryl methyl sites for hydroxylation is 1. The van der Waals surface area contributed by atoms with E-state index in [1.54, 1.807) is 0 Å². The van der Waals surface area contributed by atoms with Crippen LogP contribution in [0.2, 0.25) is 0 Å². The lowest BCUT2D eigenvalue weighted by molar-refractivity contribution is 0.353. The summed E-state index contributed by atoms with van der Waals surface area (Å²) in [5.41, 5.74) is 4.37. The van der Waals surface area contributed by atoms with Crippen LogP contribution in [0.15, 0.2) is 91.4 Å². The predicted molar refractivity (Wildman–Crippen MR) is 152 cm³/mol. The second-order valence-corrected chi connectivity index (χ2v) is 10.4. The molecule has 1 saturated carbocycles. The molecule has 2 aromatic heterocycles. The van der Waals surface area contributed by atoms with Crippen molar-refractivity contribution in [3.8, 4) is 11.5 Å². The Morgan fingerprint density at radius 1 is 0.919 bits per heavy atom. The molecule has 1 aliphatic heterocycles. The summed E-state index contributed by atoms with van der Waals surface area (Å²) in [5, 5.41) is 4.28. The first kappa shape index (κ1) is 23.7. The zero-order valence-electron chi connectivity index (χ0n) is 21.1. The molecule has 2 atom stereocenters. The lowest BCUT2D eigenvalue weighted by Gasteiger charge is -2.28. The number of pyridine rings is 1. The number of nitrogens with zero attached hydrogens (tertiary/aromatic N) is 3. The van der Waals surface area contributed by atoms with Crippen LogP contribution in [0.4, 0.5) is 5.69 Å². The van der Waals surface area contributed by atoms with Gasteiger partial charge in [-0.25, -0.2) is 0 Å². The van der Waals surface area contributed by atoms with Gasteiger partial charge in [0.2, 0.25) is 0 Å². The van der Waals surface area contributed by atoms with Crippen molar-refractivity contribution in [3.63, 3.8) is 0 Å². The maximum Gasteiger partial charge on any atom is 0.174 e. The molecule has 2 aliphatic rings. The van der Waals surface area contributed by atoms with E-state index in [2.05, 4.69) is 69.4 Å². The average Bonchev–Trinajstić information content (AvgIpc) is 3.56. The summed E-state index contributed by atoms with van der Waals surface area (Å²) in [5.74, 6) is 1.67. The molecule has 0 radical (unpaired) electrons. The lowest BCUT2D eigenvalue weighted by Crippen LogP contribution is -2.29. The van der Waals surface area contributed by atoms with Crippen LogP contribution in [-0.2, 0) is 0 Å². The molecule has 6 rings (SSSR count). The van der Waals surface area contributed by atoms with E-state index in [1.165, 1.54) is 37.7 Å². The van der Waals surface area contributed by atoms with Gasteiger partial charge in [0.05, 0.1) is 17.8 Å². The predicted octanol–water partition coefficient (Wildman–Crippen LogP) is 7.67. The fourth-order valence-corrected chi connectivity index (χ4v) is 6.00. The first-order chi connectivity index (χ1) is 18.2. The van der Waals surface area contributed by atoms with Crippen LogP contribution in [0.3, 0.4) is 0 Å². The van der Waals surface area contributed by atoms with Crippen molar-refractivity contribution in [2.45, 2.75) is 57.2 Å². The van der Waals surface area contributed by atoms with E-state index in [1.807, 2.05) is 48.7 Å². The van der Waals surface area contributed by atoms with E-state index < -0.39 is 0 Å². The van der Waals surface area contributed by atoms with Crippen molar-refractivity contribution in [1.82, 2.24) is 14.9 Å². The van der Waals surface area contributed by atoms with Crippen LogP contribution in [0.5, 0.6) is 11.5 Å². The number of hydrogen-bond donors (Lipinski definition) is 1. The Kier molecular flexibility index (Phi) is 6.66. The van der Waals surface area contributed by atoms with Crippen molar-refractivity contribution in [3.05, 3.63) is 108 Å². The molecule has 5 nitrogen and oxygen atoms in total. The molecular formula is C31H32N4OS. The highest BCUT2D eigenvalue weighted by atomic mass is 32.1. The topological polar surface area (TPSA) is 42.3 Å². The first-order valence-electron chi connectivity index (χ1n) is 13.2. The van der Waals surface area contributed by atoms with E-state index in [0.29, 0.717) is 11.2 Å². The maximum absolute atomic E-state index is 6.15. The third kappa shape index (κ3) is 4.86. The Morgan fingerprint density at radius 3 is 2.46 bits per heavy atom. The molecule has 1 N–H and O–H groups in total. The van der Waals surface area contributed by atoms with Crippen LogP contribution in [0.1, 0.15) is 67.1 Å². The molecule has 37 heavy (non-hydrogen) atoms. The summed E-state index contributed by atoms with van der Waals surface area (Å²) in [6, 6.07) is 25.1. The Morgan fingerprint density at radius 2 is 1.70 bits per heavy atom. The summed E-state index contributed by atoms with van der Waals surface area (Å²) < 4.78 is 8.57. The number of anilines is 1. The first-order valence-corrected chi connectivity index (χ1v) is 13.6. The Labute approximate surface area is 224 Å². The third-order valence-corrected chi connectivity index (χ3v) is 7.92. The monoisotopic (exact) mass is 508 g/mol. The molecule has 1 aliphatic carbocycles. The van der Waals surface area contributed by atoms with Crippen LogP contribution >= 0.6 is 12.2 Å². The third-order valence-electron chi connectivity index (χ3n) is 7.61. The van der Waals surface area contributed by atoms with Gasteiger partial charge in [0.25, 0.3) is 0 Å². The zero-order chi connectivity index (χ0) is 25.2. The molecule has 0 unspecified atom stereocenters. The Hall–Kier alpha value is -3.64. The van der Waals surface area contributed by atoms with Gasteiger partial charge < -0.3 is 19.5 Å². The van der Waals surface area contributed by atoms with Gasteiger partial charge in [-0.15, -0.1) is 0 Å². The molecule has 188 valence electrons. The number of thiocarbonyl (C=S) groups is 1. The zero-order valence-corrected chi connectivity index (χ0v) is 21.9. The average molecular weight is 509 g/mol. The SMILES string of the molecule is Cc1ccccc1Oc1ccc(N2C(=S)N[C@@H](c3ccccn3)[C@H]2c2ccn(C3CCCCC3)c2)cc1. The van der Waals surface area contributed by atoms with Gasteiger partial charge in [-0.2, -0.15) is 0 Å². The minimum absolute atomic E-state index is 0.00428. The van der Waals surface area contributed by atoms with Gasteiger partial charge in [-0.3, -0.25) is 4.98 Å². The second-order valence-electron chi connectivity index (χ2n) is 10.0. The van der Waals surface area contributed by atoms with Gasteiger partial charge in [0.1, 0.15) is 11.5 Å². The van der Waals surface area contributed by atoms with Gasteiger partial charge in [-0.05, 0) is 91.6 Å². The molecule has 0 amide bonds. The van der Waals surface area contributed by atoms with E-state index >= 15 is 0 Å². The summed E-state index contributed by atoms with van der Waals surface area (Å²) >= 11 is 5.91. The van der Waals surface area contributed by atoms with E-state index in [9.17, 15) is 0 Å². The molecule has 0 bridgehead atoms. The molecule has 1 saturated heterocycles. The van der Waals surface area contributed by atoms with Crippen molar-refractivity contribution in [2.75, 3.05) is 4.90 Å². The normalized spacial score (nSPS) is 20.1. The number of ether oxygens (including phenoxy) is 1. The molecule has 2 fully saturated rings. The van der Waals surface area contributed by atoms with Crippen molar-refractivity contribution < 1.29 is 4.74 Å². The maximum atomic E-state index is 6.15. The van der Waals surface area contributed by atoms with Gasteiger partial charge in [0, 0.05) is 30.3 Å². The standard InChI is InChI=1S/C31H32N4OS/c1-22-9-5-6-13-28(22)36-26-16-14-25(15-17-26)35-30(29(33-31(35)37)27-12-7-8-19-32-27)23-18-20-34(21-23)24-10-3-2-4-11-24/h5-9,12-21,24,29-30H,2-4,10-11H2,1H3,(H,33,37)/t29-,30+/m0/s1. The number of para-hydroxylation sites is 1. The fraction of sp³-hybridized carbons (Fsp3) is 0.290. The molecule has 6 heteroatoms. The highest BCUT2D eigenvalue weighted by molar-refractivity contribution is 7.80. The molecule has 0 spiro atoms. The van der Waals surface area contributed by atoms with Gasteiger partial charge >= 0.3 is 0 Å². The molecule has 2 aromatic carbocycles. The van der Waals surface area contributed by atoms with Crippen LogP contribution in [0, 0.1) is 6.92 Å². The summed E-state index contributed by atoms with van der Waals surface area (Å²) in [6.45, 7) is 2.06. The number of aromatic nitrogens is 2. The Balaban J connectivity index is 1.32. The smallest absolute Gasteiger partial charge is 0.174 e. The van der Waals surface area contributed by atoms with Crippen LogP contribution in [-0.4, -0.2) is 14.7 Å². The largest absolute Gasteiger partial charge is 0.457 e. The minimum atomic E-state index is -0.0428. The van der Waals surface area contributed by atoms with E-state index in [0.717, 1.165) is 28.4 Å². The number of hydrogen-bond acceptors (Lipinski definition) is 3. The number of benzene rings is 2.